The van der Waals surface area contributed by atoms with E-state index in [1.54, 1.807) is 25.1 Å². The van der Waals surface area contributed by atoms with Crippen molar-refractivity contribution in [1.82, 2.24) is 5.32 Å². The highest BCUT2D eigenvalue weighted by Gasteiger charge is 2.41. The van der Waals surface area contributed by atoms with E-state index in [1.165, 1.54) is 0 Å². The van der Waals surface area contributed by atoms with Gasteiger partial charge in [0.1, 0.15) is 5.58 Å². The maximum absolute atomic E-state index is 12.5. The van der Waals surface area contributed by atoms with Crippen LogP contribution in [0.25, 0.3) is 11.0 Å². The van der Waals surface area contributed by atoms with E-state index in [-0.39, 0.29) is 18.1 Å². The third-order valence-corrected chi connectivity index (χ3v) is 4.52. The van der Waals surface area contributed by atoms with Gasteiger partial charge in [0.25, 0.3) is 5.91 Å². The Morgan fingerprint density at radius 1 is 1.41 bits per heavy atom. The van der Waals surface area contributed by atoms with Gasteiger partial charge in [-0.05, 0) is 44.4 Å². The van der Waals surface area contributed by atoms with Crippen molar-refractivity contribution in [1.29, 1.82) is 0 Å². The monoisotopic (exact) mass is 321 g/mol. The molecule has 0 aliphatic heterocycles. The Kier molecular flexibility index (Phi) is 3.60. The molecule has 1 aromatic carbocycles. The number of rotatable bonds is 4. The Balaban J connectivity index is 1.89. The number of carbonyl (C=O) groups excluding carboxylic acids is 1. The molecule has 1 aromatic heterocycles. The number of hydrogen-bond acceptors (Lipinski definition) is 3. The Morgan fingerprint density at radius 3 is 2.73 bits per heavy atom. The second kappa shape index (κ2) is 5.32. The summed E-state index contributed by atoms with van der Waals surface area (Å²) < 4.78 is 5.62. The van der Waals surface area contributed by atoms with Gasteiger partial charge in [0.15, 0.2) is 5.76 Å². The molecule has 0 unspecified atom stereocenters. The Hall–Kier alpha value is -2.01. The summed E-state index contributed by atoms with van der Waals surface area (Å²) in [6.45, 7) is 1.79. The zero-order valence-corrected chi connectivity index (χ0v) is 12.9. The third-order valence-electron chi connectivity index (χ3n) is 4.28. The van der Waals surface area contributed by atoms with Crippen LogP contribution in [-0.2, 0) is 4.79 Å². The Labute approximate surface area is 132 Å². The number of fused-ring (bicyclic) bond motifs is 1. The largest absolute Gasteiger partial charge is 0.481 e. The predicted octanol–water partition coefficient (Wildman–Crippen LogP) is 3.52. The summed E-state index contributed by atoms with van der Waals surface area (Å²) in [6, 6.07) is 5.17. The van der Waals surface area contributed by atoms with Crippen LogP contribution in [0.3, 0.4) is 0 Å². The second-order valence-electron chi connectivity index (χ2n) is 5.86. The van der Waals surface area contributed by atoms with Crippen molar-refractivity contribution in [3.8, 4) is 0 Å². The smallest absolute Gasteiger partial charge is 0.305 e. The van der Waals surface area contributed by atoms with E-state index in [9.17, 15) is 9.59 Å². The lowest BCUT2D eigenvalue weighted by Crippen LogP contribution is -2.54. The molecular weight excluding hydrogens is 306 g/mol. The summed E-state index contributed by atoms with van der Waals surface area (Å²) in [5.41, 5.74) is 0.652. The van der Waals surface area contributed by atoms with Crippen molar-refractivity contribution in [3.63, 3.8) is 0 Å². The van der Waals surface area contributed by atoms with Crippen LogP contribution in [0.2, 0.25) is 5.02 Å². The van der Waals surface area contributed by atoms with Crippen LogP contribution in [0.15, 0.2) is 22.6 Å². The van der Waals surface area contributed by atoms with Crippen molar-refractivity contribution < 1.29 is 19.1 Å². The highest BCUT2D eigenvalue weighted by Crippen LogP contribution is 2.36. The van der Waals surface area contributed by atoms with Crippen molar-refractivity contribution in [2.45, 2.75) is 38.1 Å². The van der Waals surface area contributed by atoms with Gasteiger partial charge in [0.05, 0.1) is 12.0 Å². The topological polar surface area (TPSA) is 79.5 Å². The molecule has 0 spiro atoms. The van der Waals surface area contributed by atoms with Gasteiger partial charge in [-0.3, -0.25) is 9.59 Å². The van der Waals surface area contributed by atoms with Crippen LogP contribution in [0.4, 0.5) is 0 Å². The zero-order chi connectivity index (χ0) is 15.9. The average Bonchev–Trinajstić information content (AvgIpc) is 2.73. The fraction of sp³-hybridized carbons (Fsp3) is 0.375. The summed E-state index contributed by atoms with van der Waals surface area (Å²) in [7, 11) is 0. The van der Waals surface area contributed by atoms with E-state index in [0.29, 0.717) is 29.0 Å². The van der Waals surface area contributed by atoms with E-state index < -0.39 is 11.5 Å². The minimum atomic E-state index is -0.909. The maximum Gasteiger partial charge on any atom is 0.305 e. The number of aliphatic carboxylic acids is 1. The molecule has 0 radical (unpaired) electrons. The number of furan rings is 1. The lowest BCUT2D eigenvalue weighted by molar-refractivity contribution is -0.139. The first-order chi connectivity index (χ1) is 10.4. The minimum absolute atomic E-state index is 0.0656. The van der Waals surface area contributed by atoms with Gasteiger partial charge in [-0.25, -0.2) is 0 Å². The number of benzene rings is 1. The number of carboxylic acids is 1. The lowest BCUT2D eigenvalue weighted by atomic mass is 9.74. The fourth-order valence-corrected chi connectivity index (χ4v) is 3.12. The zero-order valence-electron chi connectivity index (χ0n) is 12.1. The fourth-order valence-electron chi connectivity index (χ4n) is 2.95. The Bertz CT molecular complexity index is 761. The van der Waals surface area contributed by atoms with Crippen molar-refractivity contribution in [2.24, 2.45) is 0 Å². The summed E-state index contributed by atoms with van der Waals surface area (Å²) in [5.74, 6) is -1.06. The quantitative estimate of drug-likeness (QED) is 0.903. The molecule has 3 rings (SSSR count). The molecule has 1 fully saturated rings. The summed E-state index contributed by atoms with van der Waals surface area (Å²) in [6.07, 6.45) is 2.21. The SMILES string of the molecule is Cc1c(C(=O)NC2(CC(=O)O)CCC2)oc2ccc(Cl)cc12. The van der Waals surface area contributed by atoms with Crippen LogP contribution < -0.4 is 5.32 Å². The number of nitrogens with one attached hydrogen (secondary N) is 1. The van der Waals surface area contributed by atoms with Crippen molar-refractivity contribution in [2.75, 3.05) is 0 Å². The number of aryl methyl sites for hydroxylation is 1. The lowest BCUT2D eigenvalue weighted by Gasteiger charge is -2.41. The van der Waals surface area contributed by atoms with E-state index in [4.69, 9.17) is 21.1 Å². The normalized spacial score (nSPS) is 16.3. The molecule has 1 aliphatic carbocycles. The van der Waals surface area contributed by atoms with Crippen LogP contribution in [0.5, 0.6) is 0 Å². The van der Waals surface area contributed by atoms with Crippen molar-refractivity contribution >= 4 is 34.4 Å². The molecule has 0 bridgehead atoms. The number of amides is 1. The molecule has 2 aromatic rings. The summed E-state index contributed by atoms with van der Waals surface area (Å²) in [4.78, 5) is 23.5. The average molecular weight is 322 g/mol. The van der Waals surface area contributed by atoms with Gasteiger partial charge in [0.2, 0.25) is 0 Å². The van der Waals surface area contributed by atoms with E-state index in [0.717, 1.165) is 11.8 Å². The molecular formula is C16H16ClNO4. The molecule has 1 saturated carbocycles. The number of hydrogen-bond donors (Lipinski definition) is 2. The van der Waals surface area contributed by atoms with Crippen molar-refractivity contribution in [3.05, 3.63) is 34.5 Å². The molecule has 1 aliphatic rings. The minimum Gasteiger partial charge on any atom is -0.481 e. The van der Waals surface area contributed by atoms with Crippen LogP contribution in [0, 0.1) is 6.92 Å². The number of halogens is 1. The molecule has 116 valence electrons. The van der Waals surface area contributed by atoms with Gasteiger partial charge in [-0.2, -0.15) is 0 Å². The van der Waals surface area contributed by atoms with Crippen LogP contribution in [0.1, 0.15) is 41.8 Å². The first-order valence-electron chi connectivity index (χ1n) is 7.13. The standard InChI is InChI=1S/C16H16ClNO4/c1-9-11-7-10(17)3-4-12(11)22-14(9)15(21)18-16(5-2-6-16)8-13(19)20/h3-4,7H,2,5-6,8H2,1H3,(H,18,21)(H,19,20). The summed E-state index contributed by atoms with van der Waals surface area (Å²) in [5, 5.41) is 13.2. The van der Waals surface area contributed by atoms with E-state index in [1.807, 2.05) is 0 Å². The number of carbonyl (C=O) groups is 2. The molecule has 6 heteroatoms. The molecule has 1 heterocycles. The van der Waals surface area contributed by atoms with E-state index >= 15 is 0 Å². The highest BCUT2D eigenvalue weighted by atomic mass is 35.5. The van der Waals surface area contributed by atoms with Gasteiger partial charge in [-0.15, -0.1) is 0 Å². The second-order valence-corrected chi connectivity index (χ2v) is 6.29. The maximum atomic E-state index is 12.5. The number of carboxylic acid groups (broad SMARTS) is 1. The highest BCUT2D eigenvalue weighted by molar-refractivity contribution is 6.31. The predicted molar refractivity (Wildman–Crippen MR) is 82.3 cm³/mol. The molecule has 1 amide bonds. The van der Waals surface area contributed by atoms with Gasteiger partial charge in [0, 0.05) is 16.0 Å². The molecule has 0 saturated heterocycles. The Morgan fingerprint density at radius 2 is 2.14 bits per heavy atom. The third kappa shape index (κ3) is 2.57. The van der Waals surface area contributed by atoms with Gasteiger partial charge in [-0.1, -0.05) is 11.6 Å². The summed E-state index contributed by atoms with van der Waals surface area (Å²) >= 11 is 5.97. The van der Waals surface area contributed by atoms with Crippen LogP contribution in [-0.4, -0.2) is 22.5 Å². The van der Waals surface area contributed by atoms with Gasteiger partial charge < -0.3 is 14.8 Å². The molecule has 0 atom stereocenters. The molecule has 5 nitrogen and oxygen atoms in total. The van der Waals surface area contributed by atoms with E-state index in [2.05, 4.69) is 5.32 Å². The molecule has 2 N–H and O–H groups in total. The van der Waals surface area contributed by atoms with Gasteiger partial charge >= 0.3 is 5.97 Å². The first-order valence-corrected chi connectivity index (χ1v) is 7.51. The first kappa shape index (κ1) is 14.9. The van der Waals surface area contributed by atoms with Crippen LogP contribution >= 0.6 is 11.6 Å². The molecule has 22 heavy (non-hydrogen) atoms.